The van der Waals surface area contributed by atoms with Crippen molar-refractivity contribution in [2.75, 3.05) is 0 Å². The van der Waals surface area contributed by atoms with E-state index in [9.17, 15) is 17.6 Å². The third-order valence-corrected chi connectivity index (χ3v) is 3.46. The summed E-state index contributed by atoms with van der Waals surface area (Å²) in [7, 11) is 0. The van der Waals surface area contributed by atoms with Gasteiger partial charge in [-0.3, -0.25) is 0 Å². The zero-order valence-electron chi connectivity index (χ0n) is 10.8. The van der Waals surface area contributed by atoms with Gasteiger partial charge in [0.15, 0.2) is 0 Å². The van der Waals surface area contributed by atoms with Crippen LogP contribution < -0.4 is 5.32 Å². The topological polar surface area (TPSA) is 12.0 Å². The Morgan fingerprint density at radius 2 is 1.62 bits per heavy atom. The number of nitrogens with one attached hydrogen (secondary N) is 1. The second kappa shape index (κ2) is 6.58. The summed E-state index contributed by atoms with van der Waals surface area (Å²) in [6, 6.07) is 9.94. The fourth-order valence-electron chi connectivity index (χ4n) is 1.95. The quantitative estimate of drug-likeness (QED) is 0.764. The minimum Gasteiger partial charge on any atom is -0.308 e. The fraction of sp³-hybridized carbons (Fsp3) is 0.200. The average molecular weight is 362 g/mol. The van der Waals surface area contributed by atoms with Crippen molar-refractivity contribution in [3.63, 3.8) is 0 Å². The van der Waals surface area contributed by atoms with Crippen LogP contribution in [-0.4, -0.2) is 0 Å². The minimum absolute atomic E-state index is 0.0190. The highest BCUT2D eigenvalue weighted by molar-refractivity contribution is 9.10. The van der Waals surface area contributed by atoms with Crippen LogP contribution in [0.4, 0.5) is 17.6 Å². The zero-order chi connectivity index (χ0) is 15.5. The maximum Gasteiger partial charge on any atom is 0.416 e. The van der Waals surface area contributed by atoms with Gasteiger partial charge in [-0.1, -0.05) is 40.2 Å². The van der Waals surface area contributed by atoms with Gasteiger partial charge in [-0.2, -0.15) is 13.2 Å². The largest absolute Gasteiger partial charge is 0.416 e. The zero-order valence-corrected chi connectivity index (χ0v) is 12.4. The van der Waals surface area contributed by atoms with E-state index in [0.29, 0.717) is 10.0 Å². The molecule has 6 heteroatoms. The summed E-state index contributed by atoms with van der Waals surface area (Å²) in [5.74, 6) is -0.402. The maximum absolute atomic E-state index is 13.6. The summed E-state index contributed by atoms with van der Waals surface area (Å²) >= 11 is 3.15. The van der Waals surface area contributed by atoms with Crippen LogP contribution in [0.25, 0.3) is 0 Å². The Balaban J connectivity index is 2.04. The fourth-order valence-corrected chi connectivity index (χ4v) is 2.28. The molecule has 0 aromatic heterocycles. The van der Waals surface area contributed by atoms with Gasteiger partial charge in [0.05, 0.1) is 5.56 Å². The molecule has 2 aromatic carbocycles. The van der Waals surface area contributed by atoms with Gasteiger partial charge < -0.3 is 5.32 Å². The van der Waals surface area contributed by atoms with Crippen molar-refractivity contribution in [2.45, 2.75) is 19.3 Å². The third kappa shape index (κ3) is 4.28. The van der Waals surface area contributed by atoms with Gasteiger partial charge in [0.25, 0.3) is 0 Å². The minimum atomic E-state index is -4.39. The van der Waals surface area contributed by atoms with Crippen LogP contribution in [0.1, 0.15) is 16.7 Å². The van der Waals surface area contributed by atoms with Gasteiger partial charge in [0.2, 0.25) is 0 Å². The predicted octanol–water partition coefficient (Wildman–Crippen LogP) is 4.90. The molecule has 0 spiro atoms. The standard InChI is InChI=1S/C15H12BrF4N/c16-12-6-5-11(14(17)7-12)9-21-8-10-3-1-2-4-13(10)15(18,19)20/h1-7,21H,8-9H2. The molecule has 0 saturated carbocycles. The van der Waals surface area contributed by atoms with Gasteiger partial charge in [0.1, 0.15) is 5.82 Å². The van der Waals surface area contributed by atoms with Crippen LogP contribution in [-0.2, 0) is 19.3 Å². The summed E-state index contributed by atoms with van der Waals surface area (Å²) in [5, 5.41) is 2.84. The Morgan fingerprint density at radius 3 is 2.29 bits per heavy atom. The van der Waals surface area contributed by atoms with Crippen molar-refractivity contribution < 1.29 is 17.6 Å². The number of alkyl halides is 3. The lowest BCUT2D eigenvalue weighted by Gasteiger charge is -2.13. The molecule has 1 N–H and O–H groups in total. The molecule has 112 valence electrons. The van der Waals surface area contributed by atoms with Crippen molar-refractivity contribution in [3.8, 4) is 0 Å². The van der Waals surface area contributed by atoms with Crippen molar-refractivity contribution in [1.29, 1.82) is 0 Å². The molecule has 0 aliphatic rings. The van der Waals surface area contributed by atoms with Gasteiger partial charge in [-0.05, 0) is 23.8 Å². The Bertz CT molecular complexity index is 625. The second-order valence-electron chi connectivity index (χ2n) is 4.49. The molecule has 2 rings (SSSR count). The molecule has 0 heterocycles. The molecule has 21 heavy (non-hydrogen) atoms. The van der Waals surface area contributed by atoms with E-state index in [0.717, 1.165) is 6.07 Å². The van der Waals surface area contributed by atoms with Gasteiger partial charge >= 0.3 is 6.18 Å². The number of rotatable bonds is 4. The lowest BCUT2D eigenvalue weighted by molar-refractivity contribution is -0.138. The van der Waals surface area contributed by atoms with E-state index in [1.165, 1.54) is 18.2 Å². The summed E-state index contributed by atoms with van der Waals surface area (Å²) in [5.41, 5.74) is -0.126. The Morgan fingerprint density at radius 1 is 0.952 bits per heavy atom. The molecule has 0 aliphatic carbocycles. The molecule has 1 nitrogen and oxygen atoms in total. The molecule has 0 saturated heterocycles. The van der Waals surface area contributed by atoms with E-state index in [1.807, 2.05) is 0 Å². The summed E-state index contributed by atoms with van der Waals surface area (Å²) in [6.07, 6.45) is -4.39. The Kier molecular flexibility index (Phi) is 5.00. The van der Waals surface area contributed by atoms with Crippen LogP contribution in [0, 0.1) is 5.82 Å². The first-order valence-electron chi connectivity index (χ1n) is 6.17. The van der Waals surface area contributed by atoms with Crippen LogP contribution in [0.5, 0.6) is 0 Å². The number of benzene rings is 2. The van der Waals surface area contributed by atoms with E-state index >= 15 is 0 Å². The van der Waals surface area contributed by atoms with E-state index < -0.39 is 17.6 Å². The van der Waals surface area contributed by atoms with Gasteiger partial charge in [-0.15, -0.1) is 0 Å². The van der Waals surface area contributed by atoms with E-state index in [-0.39, 0.29) is 18.7 Å². The smallest absolute Gasteiger partial charge is 0.308 e. The van der Waals surface area contributed by atoms with Crippen molar-refractivity contribution in [1.82, 2.24) is 5.32 Å². The maximum atomic E-state index is 13.6. The summed E-state index contributed by atoms with van der Waals surface area (Å²) in [4.78, 5) is 0. The highest BCUT2D eigenvalue weighted by Crippen LogP contribution is 2.31. The molecule has 0 radical (unpaired) electrons. The summed E-state index contributed by atoms with van der Waals surface area (Å²) in [6.45, 7) is 0.177. The first-order valence-corrected chi connectivity index (χ1v) is 6.97. The molecule has 0 atom stereocenters. The molecule has 0 bridgehead atoms. The third-order valence-electron chi connectivity index (χ3n) is 2.97. The molecule has 0 unspecified atom stereocenters. The Labute approximate surface area is 128 Å². The highest BCUT2D eigenvalue weighted by atomic mass is 79.9. The molecule has 0 aliphatic heterocycles. The van der Waals surface area contributed by atoms with Crippen LogP contribution >= 0.6 is 15.9 Å². The summed E-state index contributed by atoms with van der Waals surface area (Å²) < 4.78 is 52.7. The lowest BCUT2D eigenvalue weighted by atomic mass is 10.1. The molecule has 2 aromatic rings. The normalized spacial score (nSPS) is 11.7. The predicted molar refractivity (Wildman–Crippen MR) is 76.1 cm³/mol. The van der Waals surface area contributed by atoms with Crippen LogP contribution in [0.2, 0.25) is 0 Å². The highest BCUT2D eigenvalue weighted by Gasteiger charge is 2.32. The number of hydrogen-bond acceptors (Lipinski definition) is 1. The van der Waals surface area contributed by atoms with Crippen molar-refractivity contribution >= 4 is 15.9 Å². The van der Waals surface area contributed by atoms with Gasteiger partial charge in [-0.25, -0.2) is 4.39 Å². The lowest BCUT2D eigenvalue weighted by Crippen LogP contribution is -2.17. The monoisotopic (exact) mass is 361 g/mol. The molecule has 0 amide bonds. The number of halogens is 5. The number of hydrogen-bond donors (Lipinski definition) is 1. The van der Waals surface area contributed by atoms with E-state index in [2.05, 4.69) is 21.2 Å². The van der Waals surface area contributed by atoms with E-state index in [1.54, 1.807) is 18.2 Å². The van der Waals surface area contributed by atoms with Crippen molar-refractivity contribution in [3.05, 3.63) is 69.4 Å². The molecular formula is C15H12BrF4N. The van der Waals surface area contributed by atoms with Crippen molar-refractivity contribution in [2.24, 2.45) is 0 Å². The second-order valence-corrected chi connectivity index (χ2v) is 5.41. The first-order chi connectivity index (χ1) is 9.88. The van der Waals surface area contributed by atoms with Crippen LogP contribution in [0.15, 0.2) is 46.9 Å². The SMILES string of the molecule is Fc1cc(Br)ccc1CNCc1ccccc1C(F)(F)F. The molecule has 0 fully saturated rings. The molecular weight excluding hydrogens is 350 g/mol. The first kappa shape index (κ1) is 16.0. The van der Waals surface area contributed by atoms with Gasteiger partial charge in [0, 0.05) is 23.1 Å². The van der Waals surface area contributed by atoms with E-state index in [4.69, 9.17) is 0 Å². The average Bonchev–Trinajstić information content (AvgIpc) is 2.41. The Hall–Kier alpha value is -1.40. The van der Waals surface area contributed by atoms with Crippen LogP contribution in [0.3, 0.4) is 0 Å².